The van der Waals surface area contributed by atoms with Gasteiger partial charge in [0.25, 0.3) is 0 Å². The van der Waals surface area contributed by atoms with Crippen molar-refractivity contribution in [2.45, 2.75) is 64.1 Å². The fraction of sp³-hybridized carbons (Fsp3) is 1.00. The van der Waals surface area contributed by atoms with Crippen molar-refractivity contribution in [3.8, 4) is 0 Å². The van der Waals surface area contributed by atoms with Gasteiger partial charge >= 0.3 is 47.6 Å². The molecular formula is C14H10F17IO2. The van der Waals surface area contributed by atoms with Gasteiger partial charge in [0, 0.05) is 10.3 Å². The van der Waals surface area contributed by atoms with Crippen LogP contribution < -0.4 is 0 Å². The molecule has 204 valence electrons. The van der Waals surface area contributed by atoms with Crippen molar-refractivity contribution in [1.29, 1.82) is 0 Å². The van der Waals surface area contributed by atoms with Gasteiger partial charge in [0.1, 0.15) is 6.10 Å². The maximum absolute atomic E-state index is 13.8. The lowest BCUT2D eigenvalue weighted by Gasteiger charge is -2.43. The van der Waals surface area contributed by atoms with E-state index in [1.165, 1.54) is 0 Å². The second kappa shape index (κ2) is 9.09. The molecular weight excluding hydrogens is 650 g/mol. The number of epoxide rings is 1. The number of rotatable bonds is 12. The van der Waals surface area contributed by atoms with Crippen molar-refractivity contribution in [3.63, 3.8) is 0 Å². The molecule has 0 amide bonds. The van der Waals surface area contributed by atoms with E-state index in [0.29, 0.717) is 0 Å². The third kappa shape index (κ3) is 4.99. The van der Waals surface area contributed by atoms with E-state index < -0.39 is 70.7 Å². The van der Waals surface area contributed by atoms with E-state index in [4.69, 9.17) is 0 Å². The minimum absolute atomic E-state index is 0.160. The second-order valence-corrected chi connectivity index (χ2v) is 8.70. The van der Waals surface area contributed by atoms with Crippen LogP contribution in [0.25, 0.3) is 0 Å². The van der Waals surface area contributed by atoms with Crippen LogP contribution in [0.15, 0.2) is 0 Å². The molecule has 1 aliphatic rings. The molecule has 2 unspecified atom stereocenters. The highest BCUT2D eigenvalue weighted by Crippen LogP contribution is 2.64. The van der Waals surface area contributed by atoms with Gasteiger partial charge in [-0.15, -0.1) is 0 Å². The van der Waals surface area contributed by atoms with Crippen molar-refractivity contribution in [2.75, 3.05) is 19.8 Å². The summed E-state index contributed by atoms with van der Waals surface area (Å²) in [5, 5.41) is 0. The third-order valence-corrected chi connectivity index (χ3v) is 5.07. The lowest BCUT2D eigenvalue weighted by molar-refractivity contribution is -0.461. The van der Waals surface area contributed by atoms with Gasteiger partial charge in [-0.1, -0.05) is 22.6 Å². The smallest absolute Gasteiger partial charge is 0.378 e. The molecule has 0 aromatic carbocycles. The molecule has 1 aliphatic heterocycles. The first kappa shape index (κ1) is 31.5. The van der Waals surface area contributed by atoms with Gasteiger partial charge in [-0.25, -0.2) is 0 Å². The maximum atomic E-state index is 13.8. The highest BCUT2D eigenvalue weighted by atomic mass is 127. The molecule has 0 bridgehead atoms. The Balaban J connectivity index is 3.30. The highest BCUT2D eigenvalue weighted by molar-refractivity contribution is 14.1. The SMILES string of the molecule is FC(F)(F)C(F)(F)C(F)(F)C(F)(F)C(F)(F)C(F)(F)C(F)(F)C(F)(F)CC(I)COCC1CO1. The minimum Gasteiger partial charge on any atom is -0.378 e. The largest absolute Gasteiger partial charge is 0.460 e. The Morgan fingerprint density at radius 2 is 1.00 bits per heavy atom. The van der Waals surface area contributed by atoms with Crippen LogP contribution >= 0.6 is 22.6 Å². The molecule has 0 aromatic heterocycles. The average molecular weight is 660 g/mol. The summed E-state index contributed by atoms with van der Waals surface area (Å²) in [5.74, 6) is -56.1. The lowest BCUT2D eigenvalue weighted by Crippen LogP contribution is -2.74. The Kier molecular flexibility index (Phi) is 8.42. The third-order valence-electron chi connectivity index (χ3n) is 4.27. The van der Waals surface area contributed by atoms with Crippen LogP contribution in [0.2, 0.25) is 0 Å². The van der Waals surface area contributed by atoms with E-state index in [-0.39, 0.29) is 13.2 Å². The van der Waals surface area contributed by atoms with Crippen molar-refractivity contribution in [2.24, 2.45) is 0 Å². The molecule has 20 heteroatoms. The summed E-state index contributed by atoms with van der Waals surface area (Å²) in [6, 6.07) is 0. The fourth-order valence-corrected chi connectivity index (χ4v) is 2.96. The Morgan fingerprint density at radius 3 is 1.35 bits per heavy atom. The Morgan fingerprint density at radius 1 is 0.647 bits per heavy atom. The van der Waals surface area contributed by atoms with Crippen molar-refractivity contribution in [3.05, 3.63) is 0 Å². The van der Waals surface area contributed by atoms with Crippen molar-refractivity contribution in [1.82, 2.24) is 0 Å². The molecule has 1 saturated heterocycles. The van der Waals surface area contributed by atoms with Crippen molar-refractivity contribution < 1.29 is 84.1 Å². The Labute approximate surface area is 191 Å². The monoisotopic (exact) mass is 660 g/mol. The number of hydrogen-bond donors (Lipinski definition) is 0. The summed E-state index contributed by atoms with van der Waals surface area (Å²) < 4.78 is 231. The topological polar surface area (TPSA) is 21.8 Å². The Hall–Kier alpha value is -0.540. The normalized spacial score (nSPS) is 20.5. The second-order valence-electron chi connectivity index (χ2n) is 6.94. The molecule has 34 heavy (non-hydrogen) atoms. The van der Waals surface area contributed by atoms with E-state index in [2.05, 4.69) is 9.47 Å². The molecule has 0 radical (unpaired) electrons. The molecule has 0 saturated carbocycles. The van der Waals surface area contributed by atoms with Gasteiger partial charge in [0.15, 0.2) is 0 Å². The van der Waals surface area contributed by atoms with Gasteiger partial charge in [-0.2, -0.15) is 74.6 Å². The van der Waals surface area contributed by atoms with Crippen LogP contribution in [-0.4, -0.2) is 77.5 Å². The molecule has 1 rings (SSSR count). The zero-order chi connectivity index (χ0) is 27.4. The van der Waals surface area contributed by atoms with Crippen LogP contribution in [0, 0.1) is 0 Å². The molecule has 0 N–H and O–H groups in total. The van der Waals surface area contributed by atoms with Crippen LogP contribution in [0.3, 0.4) is 0 Å². The number of hydrogen-bond acceptors (Lipinski definition) is 2. The van der Waals surface area contributed by atoms with E-state index in [0.717, 1.165) is 22.6 Å². The number of alkyl halides is 18. The van der Waals surface area contributed by atoms with Crippen LogP contribution in [0.5, 0.6) is 0 Å². The van der Waals surface area contributed by atoms with Crippen LogP contribution in [0.4, 0.5) is 74.6 Å². The quantitative estimate of drug-likeness (QED) is 0.102. The van der Waals surface area contributed by atoms with E-state index in [1.807, 2.05) is 0 Å². The van der Waals surface area contributed by atoms with E-state index in [9.17, 15) is 74.6 Å². The van der Waals surface area contributed by atoms with Crippen LogP contribution in [0.1, 0.15) is 6.42 Å². The van der Waals surface area contributed by atoms with Gasteiger partial charge in [0.05, 0.1) is 19.8 Å². The van der Waals surface area contributed by atoms with Crippen molar-refractivity contribution >= 4 is 22.6 Å². The standard InChI is InChI=1S/C14H10F17IO2/c15-7(16,1-5(32)2-33-3-6-4-34-6)8(17,18)9(19,20)10(21,22)11(23,24)12(25,26)13(27,28)14(29,30)31/h5-6H,1-4H2. The molecule has 0 aromatic rings. The first-order valence-corrected chi connectivity index (χ1v) is 9.51. The molecule has 1 fully saturated rings. The van der Waals surface area contributed by atoms with E-state index in [1.54, 1.807) is 0 Å². The molecule has 0 aliphatic carbocycles. The average Bonchev–Trinajstić information content (AvgIpc) is 3.43. The summed E-state index contributed by atoms with van der Waals surface area (Å²) in [7, 11) is 0. The van der Waals surface area contributed by atoms with Gasteiger partial charge in [-0.05, 0) is 0 Å². The maximum Gasteiger partial charge on any atom is 0.460 e. The number of halogens is 18. The van der Waals surface area contributed by atoms with Gasteiger partial charge in [0.2, 0.25) is 0 Å². The predicted molar refractivity (Wildman–Crippen MR) is 83.7 cm³/mol. The molecule has 0 spiro atoms. The zero-order valence-electron chi connectivity index (χ0n) is 15.6. The first-order chi connectivity index (χ1) is 14.7. The molecule has 2 atom stereocenters. The highest BCUT2D eigenvalue weighted by Gasteiger charge is 2.95. The summed E-state index contributed by atoms with van der Waals surface area (Å²) in [5.41, 5.74) is 0. The summed E-state index contributed by atoms with van der Waals surface area (Å²) in [6.07, 6.45) is -10.8. The predicted octanol–water partition coefficient (Wildman–Crippen LogP) is 6.60. The first-order valence-electron chi connectivity index (χ1n) is 8.27. The van der Waals surface area contributed by atoms with E-state index >= 15 is 0 Å². The lowest BCUT2D eigenvalue weighted by atomic mass is 9.88. The molecule has 1 heterocycles. The summed E-state index contributed by atoms with van der Waals surface area (Å²) >= 11 is 0.867. The summed E-state index contributed by atoms with van der Waals surface area (Å²) in [6.45, 7) is -1.07. The molecule has 2 nitrogen and oxygen atoms in total. The minimum atomic E-state index is -8.61. The number of ether oxygens (including phenoxy) is 2. The zero-order valence-corrected chi connectivity index (χ0v) is 17.8. The Bertz CT molecular complexity index is 716. The fourth-order valence-electron chi connectivity index (χ4n) is 2.15. The van der Waals surface area contributed by atoms with Gasteiger partial charge in [-0.3, -0.25) is 0 Å². The van der Waals surface area contributed by atoms with Gasteiger partial charge < -0.3 is 9.47 Å². The van der Waals surface area contributed by atoms with Crippen LogP contribution in [-0.2, 0) is 9.47 Å². The summed E-state index contributed by atoms with van der Waals surface area (Å²) in [4.78, 5) is 0.